The van der Waals surface area contributed by atoms with Crippen molar-refractivity contribution in [1.82, 2.24) is 10.2 Å². The molecule has 0 spiro atoms. The minimum Gasteiger partial charge on any atom is -0.353 e. The van der Waals surface area contributed by atoms with Gasteiger partial charge in [-0.1, -0.05) is 26.8 Å². The highest BCUT2D eigenvalue weighted by Gasteiger charge is 2.60. The topological polar surface area (TPSA) is 49.4 Å². The van der Waals surface area contributed by atoms with Crippen LogP contribution in [0.2, 0.25) is 0 Å². The largest absolute Gasteiger partial charge is 0.353 e. The lowest BCUT2D eigenvalue weighted by molar-refractivity contribution is -0.138. The maximum atomic E-state index is 12.6. The lowest BCUT2D eigenvalue weighted by Crippen LogP contribution is -2.60. The SMILES string of the molecule is CC1CC1C(=O)N[C@H]1CC[C@H]2[C@@H]3CC[C@H]4N(C)C(=O)C=C[C@]4(C)[C@H]3CC[C@]12C. The van der Waals surface area contributed by atoms with Gasteiger partial charge in [0.15, 0.2) is 0 Å². The average molecular weight is 385 g/mol. The molecule has 0 radical (unpaired) electrons. The second-order valence-electron chi connectivity index (χ2n) is 11.1. The van der Waals surface area contributed by atoms with E-state index in [1.807, 2.05) is 18.0 Å². The lowest BCUT2D eigenvalue weighted by atomic mass is 9.48. The van der Waals surface area contributed by atoms with Crippen molar-refractivity contribution in [2.24, 2.45) is 40.4 Å². The molecule has 28 heavy (non-hydrogen) atoms. The molecule has 4 fully saturated rings. The van der Waals surface area contributed by atoms with Crippen molar-refractivity contribution < 1.29 is 9.59 Å². The van der Waals surface area contributed by atoms with Gasteiger partial charge in [0.2, 0.25) is 11.8 Å². The van der Waals surface area contributed by atoms with Crippen molar-refractivity contribution in [1.29, 1.82) is 0 Å². The second-order valence-corrected chi connectivity index (χ2v) is 11.1. The van der Waals surface area contributed by atoms with Crippen molar-refractivity contribution >= 4 is 11.8 Å². The number of carbonyl (C=O) groups excluding carboxylic acids is 2. The Morgan fingerprint density at radius 3 is 2.61 bits per heavy atom. The summed E-state index contributed by atoms with van der Waals surface area (Å²) in [4.78, 5) is 26.8. The molecule has 0 aromatic heterocycles. The highest BCUT2D eigenvalue weighted by Crippen LogP contribution is 2.64. The number of hydrogen-bond donors (Lipinski definition) is 1. The van der Waals surface area contributed by atoms with Gasteiger partial charge in [-0.05, 0) is 80.1 Å². The van der Waals surface area contributed by atoms with Crippen molar-refractivity contribution in [3.8, 4) is 0 Å². The van der Waals surface area contributed by atoms with Gasteiger partial charge in [-0.3, -0.25) is 9.59 Å². The number of rotatable bonds is 2. The zero-order valence-corrected chi connectivity index (χ0v) is 17.9. The van der Waals surface area contributed by atoms with E-state index in [0.29, 0.717) is 35.7 Å². The highest BCUT2D eigenvalue weighted by atomic mass is 16.2. The van der Waals surface area contributed by atoms with E-state index in [1.165, 1.54) is 25.7 Å². The van der Waals surface area contributed by atoms with Gasteiger partial charge in [0.25, 0.3) is 0 Å². The first-order chi connectivity index (χ1) is 13.3. The summed E-state index contributed by atoms with van der Waals surface area (Å²) in [6.45, 7) is 7.05. The predicted octanol–water partition coefficient (Wildman–Crippen LogP) is 3.77. The van der Waals surface area contributed by atoms with E-state index in [0.717, 1.165) is 25.2 Å². The van der Waals surface area contributed by atoms with Crippen LogP contribution in [0.1, 0.15) is 65.7 Å². The third-order valence-corrected chi connectivity index (χ3v) is 9.89. The molecule has 5 aliphatic rings. The fraction of sp³-hybridized carbons (Fsp3) is 0.833. The van der Waals surface area contributed by atoms with Crippen LogP contribution in [0.3, 0.4) is 0 Å². The van der Waals surface area contributed by atoms with E-state index in [2.05, 4.69) is 32.2 Å². The van der Waals surface area contributed by atoms with Crippen molar-refractivity contribution in [3.63, 3.8) is 0 Å². The summed E-state index contributed by atoms with van der Waals surface area (Å²) in [6, 6.07) is 0.708. The van der Waals surface area contributed by atoms with Gasteiger partial charge in [-0.25, -0.2) is 0 Å². The minimum atomic E-state index is 0.109. The summed E-state index contributed by atoms with van der Waals surface area (Å²) < 4.78 is 0. The molecule has 154 valence electrons. The first-order valence-corrected chi connectivity index (χ1v) is 11.5. The molecule has 0 bridgehead atoms. The smallest absolute Gasteiger partial charge is 0.246 e. The Bertz CT molecular complexity index is 732. The van der Waals surface area contributed by atoms with Crippen molar-refractivity contribution in [2.75, 3.05) is 7.05 Å². The minimum absolute atomic E-state index is 0.109. The monoisotopic (exact) mass is 384 g/mol. The molecule has 5 rings (SSSR count). The Kier molecular flexibility index (Phi) is 4.07. The van der Waals surface area contributed by atoms with Crippen LogP contribution in [-0.2, 0) is 9.59 Å². The number of nitrogens with zero attached hydrogens (tertiary/aromatic N) is 1. The molecule has 0 aromatic carbocycles. The molecular formula is C24H36N2O2. The second kappa shape index (κ2) is 6.09. The van der Waals surface area contributed by atoms with E-state index in [1.54, 1.807) is 0 Å². The lowest BCUT2D eigenvalue weighted by Gasteiger charge is -2.60. The quantitative estimate of drug-likeness (QED) is 0.788. The van der Waals surface area contributed by atoms with Crippen molar-refractivity contribution in [3.05, 3.63) is 12.2 Å². The van der Waals surface area contributed by atoms with Gasteiger partial charge < -0.3 is 10.2 Å². The molecule has 0 saturated heterocycles. The van der Waals surface area contributed by atoms with Crippen LogP contribution in [0, 0.1) is 40.4 Å². The van der Waals surface area contributed by atoms with Crippen LogP contribution in [0.4, 0.5) is 0 Å². The summed E-state index contributed by atoms with van der Waals surface area (Å²) in [5, 5.41) is 3.48. The molecule has 4 heteroatoms. The third kappa shape index (κ3) is 2.48. The normalized spacial score (nSPS) is 51.9. The van der Waals surface area contributed by atoms with Gasteiger partial charge in [-0.2, -0.15) is 0 Å². The fourth-order valence-corrected chi connectivity index (χ4v) is 7.94. The summed E-state index contributed by atoms with van der Waals surface area (Å²) in [7, 11) is 1.99. The molecule has 0 aromatic rings. The van der Waals surface area contributed by atoms with Crippen molar-refractivity contribution in [2.45, 2.75) is 77.8 Å². The molecule has 4 nitrogen and oxygen atoms in total. The van der Waals surface area contributed by atoms with E-state index in [9.17, 15) is 9.59 Å². The van der Waals surface area contributed by atoms with Crippen LogP contribution in [0.5, 0.6) is 0 Å². The standard InChI is InChI=1S/C24H36N2O2/c1-14-13-16(14)22(28)25-19-7-6-17-15-5-8-20-24(3,12-10-21(27)26(20)4)18(15)9-11-23(17,19)2/h10,12,14-20H,5-9,11,13H2,1-4H3,(H,25,28)/t14?,15-,16?,17-,18-,19-,20+,23-,24+/m0/s1. The Labute approximate surface area is 169 Å². The molecule has 4 aliphatic carbocycles. The van der Waals surface area contributed by atoms with E-state index in [-0.39, 0.29) is 22.7 Å². The highest BCUT2D eigenvalue weighted by molar-refractivity contribution is 5.89. The van der Waals surface area contributed by atoms with E-state index >= 15 is 0 Å². The summed E-state index contributed by atoms with van der Waals surface area (Å²) >= 11 is 0. The Morgan fingerprint density at radius 2 is 1.89 bits per heavy atom. The number of fused-ring (bicyclic) bond motifs is 5. The van der Waals surface area contributed by atoms with Gasteiger partial charge in [-0.15, -0.1) is 0 Å². The van der Waals surface area contributed by atoms with E-state index in [4.69, 9.17) is 0 Å². The van der Waals surface area contributed by atoms with Gasteiger partial charge in [0, 0.05) is 30.5 Å². The first-order valence-electron chi connectivity index (χ1n) is 11.5. The molecule has 2 amide bonds. The van der Waals surface area contributed by atoms with Crippen LogP contribution >= 0.6 is 0 Å². The van der Waals surface area contributed by atoms with Crippen LogP contribution < -0.4 is 5.32 Å². The number of amides is 2. The number of nitrogens with one attached hydrogen (secondary N) is 1. The predicted molar refractivity (Wildman–Crippen MR) is 109 cm³/mol. The summed E-state index contributed by atoms with van der Waals surface area (Å²) in [5.74, 6) is 3.43. The number of likely N-dealkylation sites (N-methyl/N-ethyl adjacent to an activating group) is 1. The molecule has 4 saturated carbocycles. The Morgan fingerprint density at radius 1 is 1.14 bits per heavy atom. The zero-order chi connectivity index (χ0) is 19.8. The molecule has 1 aliphatic heterocycles. The van der Waals surface area contributed by atoms with Crippen LogP contribution in [0.25, 0.3) is 0 Å². The van der Waals surface area contributed by atoms with Crippen LogP contribution in [0.15, 0.2) is 12.2 Å². The summed E-state index contributed by atoms with van der Waals surface area (Å²) in [6.07, 6.45) is 12.3. The molecule has 2 unspecified atom stereocenters. The third-order valence-electron chi connectivity index (χ3n) is 9.89. The van der Waals surface area contributed by atoms with Crippen LogP contribution in [-0.4, -0.2) is 35.8 Å². The molecule has 1 N–H and O–H groups in total. The average Bonchev–Trinajstić information content (AvgIpc) is 3.30. The zero-order valence-electron chi connectivity index (χ0n) is 17.9. The molecule has 1 heterocycles. The first kappa shape index (κ1) is 18.7. The fourth-order valence-electron chi connectivity index (χ4n) is 7.94. The molecule has 9 atom stereocenters. The van der Waals surface area contributed by atoms with E-state index < -0.39 is 0 Å². The Balaban J connectivity index is 1.37. The van der Waals surface area contributed by atoms with Gasteiger partial charge in [0.05, 0.1) is 0 Å². The Hall–Kier alpha value is -1.32. The maximum absolute atomic E-state index is 12.6. The van der Waals surface area contributed by atoms with Gasteiger partial charge >= 0.3 is 0 Å². The number of carbonyl (C=O) groups is 2. The number of hydrogen-bond acceptors (Lipinski definition) is 2. The molecular weight excluding hydrogens is 348 g/mol. The van der Waals surface area contributed by atoms with Gasteiger partial charge in [0.1, 0.15) is 0 Å². The summed E-state index contributed by atoms with van der Waals surface area (Å²) in [5.41, 5.74) is 0.357. The maximum Gasteiger partial charge on any atom is 0.246 e.